The van der Waals surface area contributed by atoms with E-state index in [0.29, 0.717) is 19.4 Å². The fraction of sp³-hybridized carbons (Fsp3) is 0.852. The van der Waals surface area contributed by atoms with Crippen molar-refractivity contribution in [3.63, 3.8) is 0 Å². The number of esters is 1. The summed E-state index contributed by atoms with van der Waals surface area (Å²) in [5.74, 6) is -0.0938. The van der Waals surface area contributed by atoms with E-state index in [1.807, 2.05) is 6.08 Å². The van der Waals surface area contributed by atoms with Crippen LogP contribution in [0.3, 0.4) is 0 Å². The summed E-state index contributed by atoms with van der Waals surface area (Å²) in [6, 6.07) is -0.636. The second-order valence-electron chi connectivity index (χ2n) is 17.8. The SMILES string of the molecule is CCCCCCC/C=C\CCCCCCCC(=O)OCCCCCCCC/C=C\CCCCCCCCCC(=O)NC(CO)C(O)/C=C/CCCCCCCCCCCC. The summed E-state index contributed by atoms with van der Waals surface area (Å²) in [6.07, 6.45) is 60.0. The number of aliphatic hydroxyl groups is 2. The second kappa shape index (κ2) is 49.7. The molecule has 0 aliphatic carbocycles. The van der Waals surface area contributed by atoms with Crippen molar-refractivity contribution >= 4 is 11.9 Å². The maximum Gasteiger partial charge on any atom is 0.305 e. The molecule has 1 amide bonds. The molecule has 0 fully saturated rings. The Labute approximate surface area is 373 Å². The van der Waals surface area contributed by atoms with Crippen molar-refractivity contribution in [3.05, 3.63) is 36.5 Å². The predicted molar refractivity (Wildman–Crippen MR) is 259 cm³/mol. The first-order valence-corrected chi connectivity index (χ1v) is 26.3. The van der Waals surface area contributed by atoms with Gasteiger partial charge in [-0.1, -0.05) is 211 Å². The zero-order chi connectivity index (χ0) is 43.7. The smallest absolute Gasteiger partial charge is 0.305 e. The van der Waals surface area contributed by atoms with Gasteiger partial charge < -0.3 is 20.3 Å². The van der Waals surface area contributed by atoms with Crippen LogP contribution >= 0.6 is 0 Å². The molecule has 0 heterocycles. The van der Waals surface area contributed by atoms with Crippen molar-refractivity contribution < 1.29 is 24.5 Å². The minimum Gasteiger partial charge on any atom is -0.466 e. The zero-order valence-electron chi connectivity index (χ0n) is 39.9. The predicted octanol–water partition coefficient (Wildman–Crippen LogP) is 15.7. The minimum absolute atomic E-state index is 0.0120. The lowest BCUT2D eigenvalue weighted by Crippen LogP contribution is -2.45. The van der Waals surface area contributed by atoms with Gasteiger partial charge in [0.25, 0.3) is 0 Å². The van der Waals surface area contributed by atoms with Crippen LogP contribution in [0.5, 0.6) is 0 Å². The number of nitrogens with one attached hydrogen (secondary N) is 1. The van der Waals surface area contributed by atoms with Gasteiger partial charge in [-0.05, 0) is 83.5 Å². The number of amides is 1. The van der Waals surface area contributed by atoms with Crippen LogP contribution in [0.4, 0.5) is 0 Å². The Hall–Kier alpha value is -1.92. The summed E-state index contributed by atoms with van der Waals surface area (Å²) in [5.41, 5.74) is 0. The quantitative estimate of drug-likeness (QED) is 0.0322. The van der Waals surface area contributed by atoms with Gasteiger partial charge in [0.2, 0.25) is 5.91 Å². The Morgan fingerprint density at radius 3 is 1.18 bits per heavy atom. The third kappa shape index (κ3) is 45.6. The number of unbranched alkanes of at least 4 members (excludes halogenated alkanes) is 33. The van der Waals surface area contributed by atoms with Crippen molar-refractivity contribution in [1.82, 2.24) is 5.32 Å². The number of hydrogen-bond donors (Lipinski definition) is 3. The molecule has 2 unspecified atom stereocenters. The van der Waals surface area contributed by atoms with Crippen LogP contribution in [-0.4, -0.2) is 47.4 Å². The summed E-state index contributed by atoms with van der Waals surface area (Å²) in [6.45, 7) is 4.85. The topological polar surface area (TPSA) is 95.9 Å². The highest BCUT2D eigenvalue weighted by atomic mass is 16.5. The number of carbonyl (C=O) groups is 2. The van der Waals surface area contributed by atoms with E-state index in [9.17, 15) is 19.8 Å². The molecule has 352 valence electrons. The molecule has 6 heteroatoms. The van der Waals surface area contributed by atoms with Crippen LogP contribution in [-0.2, 0) is 14.3 Å². The molecule has 6 nitrogen and oxygen atoms in total. The molecule has 0 aromatic rings. The second-order valence-corrected chi connectivity index (χ2v) is 17.8. The number of hydrogen-bond acceptors (Lipinski definition) is 5. The lowest BCUT2D eigenvalue weighted by molar-refractivity contribution is -0.143. The van der Waals surface area contributed by atoms with E-state index < -0.39 is 12.1 Å². The molecule has 0 radical (unpaired) electrons. The first-order valence-electron chi connectivity index (χ1n) is 26.3. The summed E-state index contributed by atoms with van der Waals surface area (Å²) >= 11 is 0. The van der Waals surface area contributed by atoms with E-state index >= 15 is 0 Å². The maximum atomic E-state index is 12.4. The average molecular weight is 844 g/mol. The van der Waals surface area contributed by atoms with Crippen molar-refractivity contribution in [1.29, 1.82) is 0 Å². The van der Waals surface area contributed by atoms with Gasteiger partial charge in [-0.25, -0.2) is 0 Å². The first kappa shape index (κ1) is 58.1. The van der Waals surface area contributed by atoms with Crippen LogP contribution < -0.4 is 5.32 Å². The van der Waals surface area contributed by atoms with Crippen molar-refractivity contribution in [2.45, 2.75) is 283 Å². The molecule has 3 N–H and O–H groups in total. The molecule has 0 saturated carbocycles. The third-order valence-corrected chi connectivity index (χ3v) is 11.9. The molecule has 0 aromatic heterocycles. The fourth-order valence-electron chi connectivity index (χ4n) is 7.80. The number of aliphatic hydroxyl groups excluding tert-OH is 2. The van der Waals surface area contributed by atoms with Crippen LogP contribution in [0.15, 0.2) is 36.5 Å². The molecule has 2 atom stereocenters. The summed E-state index contributed by atoms with van der Waals surface area (Å²) < 4.78 is 5.45. The van der Waals surface area contributed by atoms with E-state index in [4.69, 9.17) is 4.74 Å². The van der Waals surface area contributed by atoms with Gasteiger partial charge >= 0.3 is 5.97 Å². The fourth-order valence-corrected chi connectivity index (χ4v) is 7.80. The van der Waals surface area contributed by atoms with E-state index in [1.165, 1.54) is 186 Å². The summed E-state index contributed by atoms with van der Waals surface area (Å²) in [5, 5.41) is 23.0. The molecule has 0 spiro atoms. The van der Waals surface area contributed by atoms with E-state index in [1.54, 1.807) is 6.08 Å². The molecule has 60 heavy (non-hydrogen) atoms. The monoisotopic (exact) mass is 844 g/mol. The zero-order valence-corrected chi connectivity index (χ0v) is 39.9. The van der Waals surface area contributed by atoms with Gasteiger partial charge in [-0.2, -0.15) is 0 Å². The van der Waals surface area contributed by atoms with Crippen molar-refractivity contribution in [2.75, 3.05) is 13.2 Å². The van der Waals surface area contributed by atoms with Gasteiger partial charge in [0.15, 0.2) is 0 Å². The molecular formula is C54H101NO5. The molecular weight excluding hydrogens is 743 g/mol. The number of carbonyl (C=O) groups excluding carboxylic acids is 2. The normalized spacial score (nSPS) is 12.9. The maximum absolute atomic E-state index is 12.4. The Bertz CT molecular complexity index is 977. The van der Waals surface area contributed by atoms with Crippen molar-refractivity contribution in [3.8, 4) is 0 Å². The lowest BCUT2D eigenvalue weighted by atomic mass is 10.1. The highest BCUT2D eigenvalue weighted by molar-refractivity contribution is 5.76. The molecule has 0 aromatic carbocycles. The van der Waals surface area contributed by atoms with Gasteiger partial charge in [0, 0.05) is 12.8 Å². The average Bonchev–Trinajstić information content (AvgIpc) is 3.25. The largest absolute Gasteiger partial charge is 0.466 e. The Balaban J connectivity index is 3.49. The molecule has 0 bridgehead atoms. The lowest BCUT2D eigenvalue weighted by Gasteiger charge is -2.20. The summed E-state index contributed by atoms with van der Waals surface area (Å²) in [4.78, 5) is 24.4. The van der Waals surface area contributed by atoms with Gasteiger partial charge in [0.1, 0.15) is 0 Å². The minimum atomic E-state index is -0.851. The standard InChI is InChI=1S/C54H101NO5/c1-3-5-7-9-11-13-15-17-24-28-32-36-40-44-48-54(59)60-49-45-41-37-33-29-25-22-20-18-19-21-23-27-31-35-39-43-47-53(58)55-51(50-56)52(57)46-42-38-34-30-26-16-14-12-10-8-6-4-2/h15,17-18,20,42,46,51-52,56-57H,3-14,16,19,21-41,43-45,47-50H2,1-2H3,(H,55,58)/b17-15-,20-18-,46-42+. The van der Waals surface area contributed by atoms with Gasteiger partial charge in [-0.15, -0.1) is 0 Å². The van der Waals surface area contributed by atoms with Crippen LogP contribution in [0, 0.1) is 0 Å². The molecule has 0 aliphatic heterocycles. The Morgan fingerprint density at radius 1 is 0.450 bits per heavy atom. The highest BCUT2D eigenvalue weighted by Gasteiger charge is 2.18. The first-order chi connectivity index (χ1) is 29.5. The third-order valence-electron chi connectivity index (χ3n) is 11.9. The van der Waals surface area contributed by atoms with Crippen LogP contribution in [0.25, 0.3) is 0 Å². The van der Waals surface area contributed by atoms with Crippen LogP contribution in [0.2, 0.25) is 0 Å². The molecule has 0 saturated heterocycles. The highest BCUT2D eigenvalue weighted by Crippen LogP contribution is 2.15. The van der Waals surface area contributed by atoms with Gasteiger partial charge in [-0.3, -0.25) is 9.59 Å². The van der Waals surface area contributed by atoms with Crippen molar-refractivity contribution in [2.24, 2.45) is 0 Å². The van der Waals surface area contributed by atoms with Gasteiger partial charge in [0.05, 0.1) is 25.4 Å². The number of ether oxygens (including phenoxy) is 1. The summed E-state index contributed by atoms with van der Waals surface area (Å²) in [7, 11) is 0. The Morgan fingerprint density at radius 2 is 0.783 bits per heavy atom. The molecule has 0 rings (SSSR count). The number of allylic oxidation sites excluding steroid dienone is 5. The Kier molecular flexibility index (Phi) is 48.1. The van der Waals surface area contributed by atoms with E-state index in [0.717, 1.165) is 57.8 Å². The molecule has 0 aliphatic rings. The van der Waals surface area contributed by atoms with E-state index in [2.05, 4.69) is 43.5 Å². The van der Waals surface area contributed by atoms with E-state index in [-0.39, 0.29) is 18.5 Å². The van der Waals surface area contributed by atoms with Crippen LogP contribution in [0.1, 0.15) is 271 Å². The number of rotatable bonds is 48.